The summed E-state index contributed by atoms with van der Waals surface area (Å²) in [6.07, 6.45) is 1.41. The highest BCUT2D eigenvalue weighted by atomic mass is 79.9. The van der Waals surface area contributed by atoms with Gasteiger partial charge >= 0.3 is 5.97 Å². The number of amides is 1. The third-order valence-electron chi connectivity index (χ3n) is 4.11. The second-order valence-corrected chi connectivity index (χ2v) is 8.23. The molecule has 0 aliphatic carbocycles. The maximum atomic E-state index is 12.4. The molecule has 0 saturated carbocycles. The first kappa shape index (κ1) is 24.6. The molecule has 7 nitrogen and oxygen atoms in total. The largest absolute Gasteiger partial charge is 0.493 e. The second kappa shape index (κ2) is 11.7. The molecule has 1 N–H and O–H groups in total. The fraction of sp³-hybridized carbons (Fsp3) is 0.0870. The number of hydrogen-bond acceptors (Lipinski definition) is 6. The van der Waals surface area contributed by atoms with Crippen LogP contribution in [-0.2, 0) is 4.79 Å². The fourth-order valence-electron chi connectivity index (χ4n) is 2.57. The minimum absolute atomic E-state index is 0.247. The van der Waals surface area contributed by atoms with E-state index in [2.05, 4.69) is 26.5 Å². The molecule has 0 radical (unpaired) electrons. The van der Waals surface area contributed by atoms with Crippen molar-refractivity contribution in [2.45, 2.75) is 0 Å². The van der Waals surface area contributed by atoms with E-state index in [0.717, 1.165) is 4.47 Å². The van der Waals surface area contributed by atoms with Gasteiger partial charge in [0.05, 0.1) is 23.9 Å². The molecule has 0 heterocycles. The van der Waals surface area contributed by atoms with Gasteiger partial charge in [0.25, 0.3) is 5.91 Å². The minimum Gasteiger partial charge on any atom is -0.493 e. The number of nitrogens with one attached hydrogen (secondary N) is 1. The summed E-state index contributed by atoms with van der Waals surface area (Å²) < 4.78 is 16.8. The maximum Gasteiger partial charge on any atom is 0.343 e. The molecule has 33 heavy (non-hydrogen) atoms. The van der Waals surface area contributed by atoms with Crippen LogP contribution in [0.3, 0.4) is 0 Å². The Labute approximate surface area is 208 Å². The lowest BCUT2D eigenvalue weighted by Gasteiger charge is -2.10. The predicted molar refractivity (Wildman–Crippen MR) is 130 cm³/mol. The number of benzene rings is 3. The van der Waals surface area contributed by atoms with Crippen molar-refractivity contribution in [2.24, 2.45) is 5.10 Å². The summed E-state index contributed by atoms with van der Waals surface area (Å²) in [6, 6.07) is 16.4. The molecule has 170 valence electrons. The van der Waals surface area contributed by atoms with Gasteiger partial charge in [-0.1, -0.05) is 45.2 Å². The minimum atomic E-state index is -0.524. The van der Waals surface area contributed by atoms with E-state index in [1.165, 1.54) is 19.4 Å². The van der Waals surface area contributed by atoms with Crippen LogP contribution in [0.15, 0.2) is 70.2 Å². The van der Waals surface area contributed by atoms with Gasteiger partial charge in [0.2, 0.25) is 0 Å². The van der Waals surface area contributed by atoms with Crippen molar-refractivity contribution in [1.29, 1.82) is 0 Å². The fourth-order valence-corrected chi connectivity index (χ4v) is 3.43. The van der Waals surface area contributed by atoms with E-state index in [1.807, 2.05) is 6.07 Å². The molecule has 0 atom stereocenters. The molecule has 0 saturated heterocycles. The van der Waals surface area contributed by atoms with Crippen molar-refractivity contribution >= 4 is 57.2 Å². The zero-order valence-corrected chi connectivity index (χ0v) is 20.3. The van der Waals surface area contributed by atoms with E-state index < -0.39 is 11.9 Å². The number of methoxy groups -OCH3 is 1. The Hall–Kier alpha value is -3.07. The molecule has 0 aliphatic heterocycles. The van der Waals surface area contributed by atoms with Crippen molar-refractivity contribution < 1.29 is 23.8 Å². The van der Waals surface area contributed by atoms with Gasteiger partial charge in [-0.25, -0.2) is 10.2 Å². The van der Waals surface area contributed by atoms with Gasteiger partial charge in [0, 0.05) is 9.50 Å². The molecule has 0 spiro atoms. The number of carbonyl (C=O) groups excluding carboxylic acids is 2. The van der Waals surface area contributed by atoms with E-state index in [9.17, 15) is 9.59 Å². The summed E-state index contributed by atoms with van der Waals surface area (Å²) in [5.74, 6) is -0.1000. The van der Waals surface area contributed by atoms with Crippen LogP contribution in [0.2, 0.25) is 10.0 Å². The molecular formula is C23H17BrCl2N2O5. The number of nitrogens with zero attached hydrogens (tertiary/aromatic N) is 1. The molecule has 0 bridgehead atoms. The van der Waals surface area contributed by atoms with Crippen LogP contribution < -0.4 is 19.6 Å². The predicted octanol–water partition coefficient (Wildman–Crippen LogP) is 5.51. The lowest BCUT2D eigenvalue weighted by atomic mass is 10.2. The van der Waals surface area contributed by atoms with Gasteiger partial charge in [-0.3, -0.25) is 4.79 Å². The van der Waals surface area contributed by atoms with Crippen molar-refractivity contribution in [1.82, 2.24) is 5.43 Å². The monoisotopic (exact) mass is 550 g/mol. The topological polar surface area (TPSA) is 86.2 Å². The number of rotatable bonds is 8. The van der Waals surface area contributed by atoms with Gasteiger partial charge < -0.3 is 14.2 Å². The van der Waals surface area contributed by atoms with Crippen molar-refractivity contribution in [3.63, 3.8) is 0 Å². The molecule has 3 rings (SSSR count). The van der Waals surface area contributed by atoms with Crippen LogP contribution in [0.1, 0.15) is 15.9 Å². The van der Waals surface area contributed by atoms with Gasteiger partial charge in [-0.2, -0.15) is 5.10 Å². The van der Waals surface area contributed by atoms with Crippen molar-refractivity contribution in [3.05, 3.63) is 86.3 Å². The quantitative estimate of drug-likeness (QED) is 0.172. The van der Waals surface area contributed by atoms with Crippen LogP contribution in [0.4, 0.5) is 0 Å². The number of carbonyl (C=O) groups is 2. The van der Waals surface area contributed by atoms with Crippen molar-refractivity contribution in [3.8, 4) is 17.2 Å². The molecule has 0 fully saturated rings. The third-order valence-corrected chi connectivity index (χ3v) is 5.13. The lowest BCUT2D eigenvalue weighted by Crippen LogP contribution is -2.24. The highest BCUT2D eigenvalue weighted by Gasteiger charge is 2.13. The van der Waals surface area contributed by atoms with Gasteiger partial charge in [0.15, 0.2) is 18.1 Å². The number of hydrazone groups is 1. The van der Waals surface area contributed by atoms with Gasteiger partial charge in [-0.15, -0.1) is 0 Å². The Kier molecular flexibility index (Phi) is 8.71. The summed E-state index contributed by atoms with van der Waals surface area (Å²) in [6.45, 7) is -0.285. The number of ether oxygens (including phenoxy) is 3. The first-order valence-electron chi connectivity index (χ1n) is 9.41. The summed E-state index contributed by atoms with van der Waals surface area (Å²) in [5, 5.41) is 4.65. The van der Waals surface area contributed by atoms with Gasteiger partial charge in [0.1, 0.15) is 5.75 Å². The van der Waals surface area contributed by atoms with E-state index >= 15 is 0 Å². The maximum absolute atomic E-state index is 12.4. The molecule has 0 unspecified atom stereocenters. The summed E-state index contributed by atoms with van der Waals surface area (Å²) in [7, 11) is 1.45. The first-order valence-corrected chi connectivity index (χ1v) is 11.0. The average Bonchev–Trinajstić information content (AvgIpc) is 2.79. The van der Waals surface area contributed by atoms with Crippen LogP contribution in [0.5, 0.6) is 17.2 Å². The third kappa shape index (κ3) is 7.21. The smallest absolute Gasteiger partial charge is 0.343 e. The van der Waals surface area contributed by atoms with Crippen LogP contribution in [-0.4, -0.2) is 31.8 Å². The summed E-state index contributed by atoms with van der Waals surface area (Å²) >= 11 is 15.1. The average molecular weight is 552 g/mol. The Morgan fingerprint density at radius 1 is 1.03 bits per heavy atom. The summed E-state index contributed by atoms with van der Waals surface area (Å²) in [4.78, 5) is 24.3. The Bertz CT molecular complexity index is 1200. The first-order chi connectivity index (χ1) is 15.9. The zero-order chi connectivity index (χ0) is 23.8. The Morgan fingerprint density at radius 3 is 2.55 bits per heavy atom. The number of halogens is 3. The van der Waals surface area contributed by atoms with Gasteiger partial charge in [-0.05, 0) is 60.2 Å². The van der Waals surface area contributed by atoms with Crippen LogP contribution in [0, 0.1) is 0 Å². The van der Waals surface area contributed by atoms with E-state index in [1.54, 1.807) is 48.5 Å². The molecule has 1 amide bonds. The molecule has 10 heteroatoms. The van der Waals surface area contributed by atoms with E-state index in [-0.39, 0.29) is 12.4 Å². The highest BCUT2D eigenvalue weighted by Crippen LogP contribution is 2.29. The van der Waals surface area contributed by atoms with Crippen molar-refractivity contribution in [2.75, 3.05) is 13.7 Å². The SMILES string of the molecule is COc1cc(/C=N\NC(=O)COc2ccc(Cl)cc2Cl)ccc1OC(=O)c1cccc(Br)c1. The standard InChI is InChI=1S/C23H17BrCl2N2O5/c1-31-21-9-14(5-7-20(21)33-23(30)15-3-2-4-16(24)10-15)12-27-28-22(29)13-32-19-8-6-17(25)11-18(19)26/h2-12H,13H2,1H3,(H,28,29)/b27-12-. The normalized spacial score (nSPS) is 10.7. The van der Waals surface area contributed by atoms with Crippen LogP contribution in [0.25, 0.3) is 0 Å². The molecule has 3 aromatic carbocycles. The zero-order valence-electron chi connectivity index (χ0n) is 17.2. The Balaban J connectivity index is 1.57. The molecule has 0 aliphatic rings. The molecular weight excluding hydrogens is 535 g/mol. The van der Waals surface area contributed by atoms with E-state index in [4.69, 9.17) is 37.4 Å². The summed E-state index contributed by atoms with van der Waals surface area (Å²) in [5.41, 5.74) is 3.35. The Morgan fingerprint density at radius 2 is 1.82 bits per heavy atom. The lowest BCUT2D eigenvalue weighted by molar-refractivity contribution is -0.123. The highest BCUT2D eigenvalue weighted by molar-refractivity contribution is 9.10. The molecule has 3 aromatic rings. The van der Waals surface area contributed by atoms with E-state index in [0.29, 0.717) is 32.7 Å². The van der Waals surface area contributed by atoms with Crippen LogP contribution >= 0.6 is 39.1 Å². The number of hydrogen-bond donors (Lipinski definition) is 1. The number of esters is 1. The molecule has 0 aromatic heterocycles. The second-order valence-electron chi connectivity index (χ2n) is 6.47.